The molecule has 0 aliphatic carbocycles. The fourth-order valence-electron chi connectivity index (χ4n) is 3.63. The van der Waals surface area contributed by atoms with E-state index in [1.165, 1.54) is 12.1 Å². The van der Waals surface area contributed by atoms with Gasteiger partial charge in [0.15, 0.2) is 12.9 Å². The summed E-state index contributed by atoms with van der Waals surface area (Å²) in [5.41, 5.74) is 1.41. The molecule has 1 aliphatic rings. The fraction of sp³-hybridized carbons (Fsp3) is 0.364. The van der Waals surface area contributed by atoms with Crippen molar-refractivity contribution < 1.29 is 18.7 Å². The number of benzene rings is 2. The first-order valence-electron chi connectivity index (χ1n) is 9.63. The van der Waals surface area contributed by atoms with Crippen LogP contribution < -0.4 is 4.74 Å². The number of aldehydes is 1. The van der Waals surface area contributed by atoms with Crippen molar-refractivity contribution >= 4 is 44.1 Å². The Balaban J connectivity index is 1.61. The maximum Gasteiger partial charge on any atom is 0.260 e. The van der Waals surface area contributed by atoms with Crippen molar-refractivity contribution in [3.63, 3.8) is 0 Å². The molecule has 1 heterocycles. The zero-order valence-corrected chi connectivity index (χ0v) is 19.9. The van der Waals surface area contributed by atoms with Crippen molar-refractivity contribution in [1.29, 1.82) is 0 Å². The second kappa shape index (κ2) is 10.0. The lowest BCUT2D eigenvalue weighted by Crippen LogP contribution is -2.58. The van der Waals surface area contributed by atoms with E-state index in [2.05, 4.69) is 43.7 Å². The molecule has 8 heteroatoms. The van der Waals surface area contributed by atoms with Gasteiger partial charge in [-0.2, -0.15) is 0 Å². The molecular formula is C22H23Br2FN2O3. The van der Waals surface area contributed by atoms with Crippen molar-refractivity contribution in [3.05, 3.63) is 62.3 Å². The van der Waals surface area contributed by atoms with E-state index >= 15 is 0 Å². The number of hydrogen-bond donors (Lipinski definition) is 0. The standard InChI is InChI=1S/C22H23Br2FN2O3/c1-14-10-27(15(2)9-26(14)11-16-3-5-19(25)6-4-16)21(29)13-30-22-17(12-28)7-18(23)8-20(22)24/h3-8,12,14-15H,9-11,13H2,1-2H3. The van der Waals surface area contributed by atoms with E-state index in [1.54, 1.807) is 24.3 Å². The van der Waals surface area contributed by atoms with Gasteiger partial charge in [-0.1, -0.05) is 28.1 Å². The van der Waals surface area contributed by atoms with Gasteiger partial charge in [0.05, 0.1) is 10.0 Å². The smallest absolute Gasteiger partial charge is 0.260 e. The molecule has 30 heavy (non-hydrogen) atoms. The van der Waals surface area contributed by atoms with E-state index in [0.29, 0.717) is 41.7 Å². The summed E-state index contributed by atoms with van der Waals surface area (Å²) < 4.78 is 20.2. The molecule has 2 unspecified atom stereocenters. The van der Waals surface area contributed by atoms with Gasteiger partial charge in [0, 0.05) is 36.2 Å². The lowest BCUT2D eigenvalue weighted by Gasteiger charge is -2.44. The average Bonchev–Trinajstić information content (AvgIpc) is 2.70. The molecule has 0 aromatic heterocycles. The Morgan fingerprint density at radius 2 is 1.87 bits per heavy atom. The number of halogens is 3. The average molecular weight is 542 g/mol. The zero-order chi connectivity index (χ0) is 21.8. The highest BCUT2D eigenvalue weighted by atomic mass is 79.9. The molecule has 3 rings (SSSR count). The van der Waals surface area contributed by atoms with Crippen LogP contribution in [0.5, 0.6) is 5.75 Å². The fourth-order valence-corrected chi connectivity index (χ4v) is 5.00. The quantitative estimate of drug-likeness (QED) is 0.499. The largest absolute Gasteiger partial charge is 0.482 e. The number of hydrogen-bond acceptors (Lipinski definition) is 4. The Morgan fingerprint density at radius 3 is 2.53 bits per heavy atom. The monoisotopic (exact) mass is 540 g/mol. The number of ether oxygens (including phenoxy) is 1. The first-order valence-corrected chi connectivity index (χ1v) is 11.2. The zero-order valence-electron chi connectivity index (χ0n) is 16.8. The van der Waals surface area contributed by atoms with Crippen molar-refractivity contribution in [2.75, 3.05) is 19.7 Å². The lowest BCUT2D eigenvalue weighted by molar-refractivity contribution is -0.139. The van der Waals surface area contributed by atoms with Crippen LogP contribution in [0.2, 0.25) is 0 Å². The van der Waals surface area contributed by atoms with Crippen LogP contribution in [-0.2, 0) is 11.3 Å². The molecule has 0 bridgehead atoms. The number of amides is 1. The first kappa shape index (κ1) is 22.9. The lowest BCUT2D eigenvalue weighted by atomic mass is 10.1. The van der Waals surface area contributed by atoms with E-state index < -0.39 is 0 Å². The van der Waals surface area contributed by atoms with Crippen molar-refractivity contribution in [2.45, 2.75) is 32.5 Å². The molecule has 160 valence electrons. The molecule has 5 nitrogen and oxygen atoms in total. The number of carbonyl (C=O) groups excluding carboxylic acids is 2. The molecule has 2 aromatic carbocycles. The van der Waals surface area contributed by atoms with Crippen LogP contribution in [0.4, 0.5) is 4.39 Å². The van der Waals surface area contributed by atoms with E-state index in [4.69, 9.17) is 4.74 Å². The maximum atomic E-state index is 13.1. The van der Waals surface area contributed by atoms with Gasteiger partial charge in [-0.05, 0) is 59.6 Å². The molecule has 0 N–H and O–H groups in total. The second-order valence-corrected chi connectivity index (χ2v) is 9.28. The van der Waals surface area contributed by atoms with Gasteiger partial charge in [-0.15, -0.1) is 0 Å². The Morgan fingerprint density at radius 1 is 1.17 bits per heavy atom. The Kier molecular flexibility index (Phi) is 7.65. The van der Waals surface area contributed by atoms with Gasteiger partial charge >= 0.3 is 0 Å². The number of rotatable bonds is 6. The summed E-state index contributed by atoms with van der Waals surface area (Å²) in [6, 6.07) is 10.1. The van der Waals surface area contributed by atoms with Crippen LogP contribution in [0.25, 0.3) is 0 Å². The highest BCUT2D eigenvalue weighted by Gasteiger charge is 2.32. The van der Waals surface area contributed by atoms with Gasteiger partial charge < -0.3 is 9.64 Å². The summed E-state index contributed by atoms with van der Waals surface area (Å²) in [6.07, 6.45) is 0.703. The van der Waals surface area contributed by atoms with Crippen LogP contribution in [0.15, 0.2) is 45.3 Å². The van der Waals surface area contributed by atoms with Crippen LogP contribution >= 0.6 is 31.9 Å². The van der Waals surface area contributed by atoms with Gasteiger partial charge in [0.2, 0.25) is 0 Å². The van der Waals surface area contributed by atoms with Gasteiger partial charge in [0.1, 0.15) is 11.6 Å². The van der Waals surface area contributed by atoms with Crippen molar-refractivity contribution in [2.24, 2.45) is 0 Å². The Labute approximate surface area is 192 Å². The maximum absolute atomic E-state index is 13.1. The molecule has 1 fully saturated rings. The molecule has 2 aromatic rings. The molecule has 2 atom stereocenters. The summed E-state index contributed by atoms with van der Waals surface area (Å²) >= 11 is 6.72. The van der Waals surface area contributed by atoms with Gasteiger partial charge in [-0.25, -0.2) is 4.39 Å². The summed E-state index contributed by atoms with van der Waals surface area (Å²) in [7, 11) is 0. The summed E-state index contributed by atoms with van der Waals surface area (Å²) in [5, 5.41) is 0. The van der Waals surface area contributed by atoms with Crippen LogP contribution in [0.3, 0.4) is 0 Å². The molecule has 1 aliphatic heterocycles. The van der Waals surface area contributed by atoms with E-state index in [-0.39, 0.29) is 30.4 Å². The SMILES string of the molecule is CC1CN(C(=O)COc2c(Br)cc(Br)cc2C=O)C(C)CN1Cc1ccc(F)cc1. The molecule has 1 amide bonds. The normalized spacial score (nSPS) is 19.6. The first-order chi connectivity index (χ1) is 14.3. The minimum Gasteiger partial charge on any atom is -0.482 e. The predicted molar refractivity (Wildman–Crippen MR) is 120 cm³/mol. The number of nitrogens with zero attached hydrogens (tertiary/aromatic N) is 2. The summed E-state index contributed by atoms with van der Waals surface area (Å²) in [6.45, 7) is 5.94. The van der Waals surface area contributed by atoms with E-state index in [9.17, 15) is 14.0 Å². The van der Waals surface area contributed by atoms with Crippen LogP contribution in [-0.4, -0.2) is 53.8 Å². The molecular weight excluding hydrogens is 519 g/mol. The molecule has 1 saturated heterocycles. The summed E-state index contributed by atoms with van der Waals surface area (Å²) in [4.78, 5) is 28.3. The van der Waals surface area contributed by atoms with Crippen LogP contribution in [0, 0.1) is 5.82 Å². The third-order valence-electron chi connectivity index (χ3n) is 5.24. The Hall–Kier alpha value is -1.77. The molecule has 0 radical (unpaired) electrons. The highest BCUT2D eigenvalue weighted by molar-refractivity contribution is 9.11. The van der Waals surface area contributed by atoms with Gasteiger partial charge in [0.25, 0.3) is 5.91 Å². The Bertz CT molecular complexity index is 923. The number of carbonyl (C=O) groups is 2. The molecule has 0 spiro atoms. The molecule has 0 saturated carbocycles. The van der Waals surface area contributed by atoms with Gasteiger partial charge in [-0.3, -0.25) is 14.5 Å². The van der Waals surface area contributed by atoms with E-state index in [0.717, 1.165) is 10.0 Å². The van der Waals surface area contributed by atoms with Crippen molar-refractivity contribution in [3.8, 4) is 5.75 Å². The van der Waals surface area contributed by atoms with E-state index in [1.807, 2.05) is 11.8 Å². The minimum absolute atomic E-state index is 0.0108. The summed E-state index contributed by atoms with van der Waals surface area (Å²) in [5.74, 6) is -0.00891. The third kappa shape index (κ3) is 5.47. The number of piperazine rings is 1. The van der Waals surface area contributed by atoms with Crippen molar-refractivity contribution in [1.82, 2.24) is 9.80 Å². The second-order valence-electron chi connectivity index (χ2n) is 7.51. The topological polar surface area (TPSA) is 49.9 Å². The highest BCUT2D eigenvalue weighted by Crippen LogP contribution is 2.32. The minimum atomic E-state index is -0.245. The van der Waals surface area contributed by atoms with Crippen LogP contribution in [0.1, 0.15) is 29.8 Å². The third-order valence-corrected chi connectivity index (χ3v) is 6.29. The predicted octanol–water partition coefficient (Wildman–Crippen LogP) is 4.66.